The molecule has 1 aliphatic heterocycles. The summed E-state index contributed by atoms with van der Waals surface area (Å²) in [5, 5.41) is 2.76. The number of rotatable bonds is 2. The van der Waals surface area contributed by atoms with Crippen molar-refractivity contribution in [2.45, 2.75) is 52.6 Å². The Morgan fingerprint density at radius 3 is 2.24 bits per heavy atom. The Hall–Kier alpha value is -1.32. The molecule has 0 spiro atoms. The third kappa shape index (κ3) is 2.51. The van der Waals surface area contributed by atoms with Gasteiger partial charge < -0.3 is 10.2 Å². The van der Waals surface area contributed by atoms with E-state index in [1.165, 1.54) is 0 Å². The highest BCUT2D eigenvalue weighted by atomic mass is 16.2. The first-order chi connectivity index (χ1) is 7.59. The van der Waals surface area contributed by atoms with E-state index in [1.54, 1.807) is 32.6 Å². The number of nitrogens with zero attached hydrogens (tertiary/aromatic N) is 1. The Kier molecular flexibility index (Phi) is 3.37. The Balaban J connectivity index is 3.07. The van der Waals surface area contributed by atoms with Crippen LogP contribution in [0.1, 0.15) is 41.5 Å². The summed E-state index contributed by atoms with van der Waals surface area (Å²) >= 11 is 0. The molecule has 4 heteroatoms. The number of hydrogen-bond donors (Lipinski definition) is 1. The minimum Gasteiger partial charge on any atom is -0.340 e. The van der Waals surface area contributed by atoms with Crippen molar-refractivity contribution >= 4 is 11.8 Å². The highest BCUT2D eigenvalue weighted by molar-refractivity contribution is 6.01. The predicted molar refractivity (Wildman–Crippen MR) is 67.4 cm³/mol. The second kappa shape index (κ2) is 4.17. The van der Waals surface area contributed by atoms with Crippen LogP contribution in [0.5, 0.6) is 0 Å². The summed E-state index contributed by atoms with van der Waals surface area (Å²) in [5.41, 5.74) is -0.474. The number of amides is 2. The van der Waals surface area contributed by atoms with Crippen molar-refractivity contribution in [2.75, 3.05) is 6.54 Å². The summed E-state index contributed by atoms with van der Waals surface area (Å²) in [7, 11) is 0. The smallest absolute Gasteiger partial charge is 0.248 e. The lowest BCUT2D eigenvalue weighted by atomic mass is 9.89. The van der Waals surface area contributed by atoms with E-state index < -0.39 is 11.1 Å². The SMILES string of the molecule is CC(C)=CCN1C(=O)C(C)(C)NC(=O)C1(C)C. The quantitative estimate of drug-likeness (QED) is 0.741. The Morgan fingerprint density at radius 2 is 1.76 bits per heavy atom. The molecule has 1 heterocycles. The van der Waals surface area contributed by atoms with Gasteiger partial charge in [-0.3, -0.25) is 9.59 Å². The summed E-state index contributed by atoms with van der Waals surface area (Å²) < 4.78 is 0. The maximum atomic E-state index is 12.3. The predicted octanol–water partition coefficient (Wildman–Crippen LogP) is 1.47. The van der Waals surface area contributed by atoms with Crippen LogP contribution in [0, 0.1) is 0 Å². The minimum atomic E-state index is -0.817. The van der Waals surface area contributed by atoms with Crippen LogP contribution in [0.25, 0.3) is 0 Å². The fourth-order valence-electron chi connectivity index (χ4n) is 1.79. The number of carbonyl (C=O) groups is 2. The summed E-state index contributed by atoms with van der Waals surface area (Å²) in [6.07, 6.45) is 1.97. The van der Waals surface area contributed by atoms with Crippen LogP contribution in [0.15, 0.2) is 11.6 Å². The molecule has 1 N–H and O–H groups in total. The Morgan fingerprint density at radius 1 is 1.24 bits per heavy atom. The van der Waals surface area contributed by atoms with Crippen molar-refractivity contribution in [2.24, 2.45) is 0 Å². The van der Waals surface area contributed by atoms with Gasteiger partial charge in [-0.15, -0.1) is 0 Å². The fourth-order valence-corrected chi connectivity index (χ4v) is 1.79. The number of allylic oxidation sites excluding steroid dienone is 1. The molecule has 96 valence electrons. The van der Waals surface area contributed by atoms with Gasteiger partial charge in [-0.05, 0) is 41.5 Å². The molecule has 1 rings (SSSR count). The molecular formula is C13H22N2O2. The molecule has 0 aromatic carbocycles. The zero-order valence-electron chi connectivity index (χ0n) is 11.5. The van der Waals surface area contributed by atoms with Gasteiger partial charge in [0.1, 0.15) is 11.1 Å². The van der Waals surface area contributed by atoms with Crippen LogP contribution in [-0.2, 0) is 9.59 Å². The first-order valence-corrected chi connectivity index (χ1v) is 5.87. The highest BCUT2D eigenvalue weighted by Gasteiger charge is 2.49. The molecule has 0 saturated carbocycles. The molecule has 0 aromatic heterocycles. The van der Waals surface area contributed by atoms with E-state index in [-0.39, 0.29) is 11.8 Å². The van der Waals surface area contributed by atoms with Crippen LogP contribution < -0.4 is 5.32 Å². The van der Waals surface area contributed by atoms with E-state index in [4.69, 9.17) is 0 Å². The van der Waals surface area contributed by atoms with Crippen molar-refractivity contribution in [3.63, 3.8) is 0 Å². The lowest BCUT2D eigenvalue weighted by molar-refractivity contribution is -0.158. The van der Waals surface area contributed by atoms with Gasteiger partial charge in [-0.1, -0.05) is 11.6 Å². The van der Waals surface area contributed by atoms with Gasteiger partial charge in [0, 0.05) is 6.54 Å². The lowest BCUT2D eigenvalue weighted by Crippen LogP contribution is -2.72. The molecule has 0 unspecified atom stereocenters. The van der Waals surface area contributed by atoms with E-state index in [9.17, 15) is 9.59 Å². The zero-order valence-corrected chi connectivity index (χ0v) is 11.5. The van der Waals surface area contributed by atoms with Crippen LogP contribution in [0.4, 0.5) is 0 Å². The molecule has 0 aromatic rings. The van der Waals surface area contributed by atoms with Gasteiger partial charge in [-0.25, -0.2) is 0 Å². The summed E-state index contributed by atoms with van der Waals surface area (Å²) in [5.74, 6) is -0.149. The maximum absolute atomic E-state index is 12.3. The van der Waals surface area contributed by atoms with E-state index in [0.29, 0.717) is 6.54 Å². The third-order valence-electron chi connectivity index (χ3n) is 3.12. The van der Waals surface area contributed by atoms with Crippen LogP contribution in [0.3, 0.4) is 0 Å². The molecule has 0 aliphatic carbocycles. The molecular weight excluding hydrogens is 216 g/mol. The number of nitrogens with one attached hydrogen (secondary N) is 1. The van der Waals surface area contributed by atoms with Crippen LogP contribution in [0.2, 0.25) is 0 Å². The monoisotopic (exact) mass is 238 g/mol. The molecule has 17 heavy (non-hydrogen) atoms. The van der Waals surface area contributed by atoms with Crippen LogP contribution >= 0.6 is 0 Å². The first-order valence-electron chi connectivity index (χ1n) is 5.87. The topological polar surface area (TPSA) is 49.4 Å². The Labute approximate surface area is 103 Å². The third-order valence-corrected chi connectivity index (χ3v) is 3.12. The minimum absolute atomic E-state index is 0.0420. The molecule has 2 amide bonds. The maximum Gasteiger partial charge on any atom is 0.248 e. The van der Waals surface area contributed by atoms with Crippen LogP contribution in [-0.4, -0.2) is 34.3 Å². The van der Waals surface area contributed by atoms with E-state index in [2.05, 4.69) is 5.32 Å². The Bertz CT molecular complexity index is 377. The van der Waals surface area contributed by atoms with Crippen molar-refractivity contribution in [1.29, 1.82) is 0 Å². The lowest BCUT2D eigenvalue weighted by Gasteiger charge is -2.47. The molecule has 1 aliphatic rings. The van der Waals surface area contributed by atoms with Crippen molar-refractivity contribution in [3.8, 4) is 0 Å². The molecule has 0 atom stereocenters. The molecule has 0 bridgehead atoms. The van der Waals surface area contributed by atoms with Gasteiger partial charge in [0.2, 0.25) is 11.8 Å². The molecule has 0 radical (unpaired) electrons. The van der Waals surface area contributed by atoms with Gasteiger partial charge in [-0.2, -0.15) is 0 Å². The normalized spacial score (nSPS) is 22.1. The van der Waals surface area contributed by atoms with E-state index in [1.807, 2.05) is 19.9 Å². The van der Waals surface area contributed by atoms with E-state index >= 15 is 0 Å². The first kappa shape index (κ1) is 13.7. The summed E-state index contributed by atoms with van der Waals surface area (Å²) in [4.78, 5) is 25.9. The largest absolute Gasteiger partial charge is 0.340 e. The highest BCUT2D eigenvalue weighted by Crippen LogP contribution is 2.25. The number of carbonyl (C=O) groups excluding carboxylic acids is 2. The van der Waals surface area contributed by atoms with E-state index in [0.717, 1.165) is 5.57 Å². The van der Waals surface area contributed by atoms with Gasteiger partial charge in [0.15, 0.2) is 0 Å². The number of piperazine rings is 1. The fraction of sp³-hybridized carbons (Fsp3) is 0.692. The summed E-state index contributed by atoms with van der Waals surface area (Å²) in [6, 6.07) is 0. The van der Waals surface area contributed by atoms with Crippen molar-refractivity contribution < 1.29 is 9.59 Å². The second-order valence-electron chi connectivity index (χ2n) is 5.84. The van der Waals surface area contributed by atoms with Gasteiger partial charge >= 0.3 is 0 Å². The molecule has 4 nitrogen and oxygen atoms in total. The second-order valence-corrected chi connectivity index (χ2v) is 5.84. The molecule has 1 saturated heterocycles. The standard InChI is InChI=1S/C13H22N2O2/c1-9(2)7-8-15-11(17)12(3,4)14-10(16)13(15,5)6/h7H,8H2,1-6H3,(H,14,16). The van der Waals surface area contributed by atoms with Crippen molar-refractivity contribution in [1.82, 2.24) is 10.2 Å². The van der Waals surface area contributed by atoms with Gasteiger partial charge in [0.25, 0.3) is 0 Å². The van der Waals surface area contributed by atoms with Crippen molar-refractivity contribution in [3.05, 3.63) is 11.6 Å². The van der Waals surface area contributed by atoms with Gasteiger partial charge in [0.05, 0.1) is 0 Å². The molecule has 1 fully saturated rings. The number of hydrogen-bond acceptors (Lipinski definition) is 2. The zero-order chi connectivity index (χ0) is 13.4. The average Bonchev–Trinajstić information content (AvgIpc) is 2.14. The average molecular weight is 238 g/mol. The summed E-state index contributed by atoms with van der Waals surface area (Å²) in [6.45, 7) is 11.4.